The predicted molar refractivity (Wildman–Crippen MR) is 85.6 cm³/mol. The van der Waals surface area contributed by atoms with E-state index in [4.69, 9.17) is 0 Å². The molecule has 0 aromatic heterocycles. The van der Waals surface area contributed by atoms with Gasteiger partial charge in [0.15, 0.2) is 0 Å². The largest absolute Gasteiger partial charge is 0.508 e. The van der Waals surface area contributed by atoms with E-state index < -0.39 is 0 Å². The number of quaternary nitrogens is 1. The fraction of sp³-hybridized carbons (Fsp3) is 0.368. The molecule has 2 nitrogen and oxygen atoms in total. The first-order valence-corrected chi connectivity index (χ1v) is 7.91. The van der Waals surface area contributed by atoms with E-state index in [-0.39, 0.29) is 0 Å². The lowest BCUT2D eigenvalue weighted by atomic mass is 9.97. The minimum absolute atomic E-state index is 0.352. The summed E-state index contributed by atoms with van der Waals surface area (Å²) in [5.74, 6) is 0.352. The summed E-state index contributed by atoms with van der Waals surface area (Å²) in [6, 6.07) is 17.2. The molecule has 3 rings (SSSR count). The van der Waals surface area contributed by atoms with Crippen LogP contribution in [0.15, 0.2) is 48.5 Å². The molecule has 110 valence electrons. The summed E-state index contributed by atoms with van der Waals surface area (Å²) < 4.78 is 0. The molecule has 1 aliphatic rings. The van der Waals surface area contributed by atoms with Gasteiger partial charge in [-0.05, 0) is 36.6 Å². The molecule has 2 heteroatoms. The van der Waals surface area contributed by atoms with Crippen LogP contribution in [-0.2, 0) is 19.4 Å². The van der Waals surface area contributed by atoms with Crippen molar-refractivity contribution in [3.8, 4) is 5.75 Å². The van der Waals surface area contributed by atoms with Crippen molar-refractivity contribution in [2.24, 2.45) is 0 Å². The van der Waals surface area contributed by atoms with Gasteiger partial charge in [0, 0.05) is 18.4 Å². The lowest BCUT2D eigenvalue weighted by Crippen LogP contribution is -3.15. The number of hydrogen-bond acceptors (Lipinski definition) is 1. The van der Waals surface area contributed by atoms with Crippen LogP contribution in [0.2, 0.25) is 0 Å². The fourth-order valence-electron chi connectivity index (χ4n) is 3.27. The Hall–Kier alpha value is -1.80. The summed E-state index contributed by atoms with van der Waals surface area (Å²) in [4.78, 5) is 1.70. The Morgan fingerprint density at radius 2 is 1.76 bits per heavy atom. The first-order valence-electron chi connectivity index (χ1n) is 7.91. The van der Waals surface area contributed by atoms with E-state index in [0.717, 1.165) is 13.0 Å². The Morgan fingerprint density at radius 3 is 2.52 bits per heavy atom. The maximum absolute atomic E-state index is 9.33. The summed E-state index contributed by atoms with van der Waals surface area (Å²) >= 11 is 0. The Balaban J connectivity index is 1.57. The topological polar surface area (TPSA) is 24.7 Å². The third-order valence-electron chi connectivity index (χ3n) is 4.75. The van der Waals surface area contributed by atoms with E-state index >= 15 is 0 Å². The van der Waals surface area contributed by atoms with Gasteiger partial charge in [-0.2, -0.15) is 0 Å². The molecule has 1 heterocycles. The molecule has 0 spiro atoms. The molecule has 0 radical (unpaired) electrons. The van der Waals surface area contributed by atoms with Gasteiger partial charge in [0.05, 0.1) is 12.6 Å². The number of hydrogen-bond donors (Lipinski definition) is 2. The molecule has 0 saturated heterocycles. The lowest BCUT2D eigenvalue weighted by molar-refractivity contribution is -0.939. The second kappa shape index (κ2) is 6.31. The number of phenolic OH excluding ortho intramolecular Hbond substituents is 1. The zero-order valence-corrected chi connectivity index (χ0v) is 12.7. The molecular weight excluding hydrogens is 258 g/mol. The molecule has 1 unspecified atom stereocenters. The van der Waals surface area contributed by atoms with E-state index in [0.29, 0.717) is 11.8 Å². The summed E-state index contributed by atoms with van der Waals surface area (Å²) in [5, 5.41) is 9.33. The second-order valence-electron chi connectivity index (χ2n) is 6.21. The van der Waals surface area contributed by atoms with Crippen molar-refractivity contribution in [2.75, 3.05) is 6.54 Å². The average Bonchev–Trinajstić information content (AvgIpc) is 2.53. The van der Waals surface area contributed by atoms with Gasteiger partial charge in [0.25, 0.3) is 0 Å². The molecular formula is C19H24NO+. The third-order valence-corrected chi connectivity index (χ3v) is 4.75. The number of phenols is 1. The minimum Gasteiger partial charge on any atom is -0.508 e. The number of fused-ring (bicyclic) bond motifs is 1. The highest BCUT2D eigenvalue weighted by Crippen LogP contribution is 2.13. The molecule has 0 bridgehead atoms. The first-order chi connectivity index (χ1) is 10.2. The monoisotopic (exact) mass is 282 g/mol. The van der Waals surface area contributed by atoms with Gasteiger partial charge in [-0.15, -0.1) is 0 Å². The third kappa shape index (κ3) is 3.45. The fourth-order valence-corrected chi connectivity index (χ4v) is 3.27. The van der Waals surface area contributed by atoms with E-state index in [1.165, 1.54) is 36.1 Å². The van der Waals surface area contributed by atoms with Gasteiger partial charge < -0.3 is 10.0 Å². The van der Waals surface area contributed by atoms with E-state index in [1.807, 2.05) is 12.1 Å². The zero-order chi connectivity index (χ0) is 14.7. The first kappa shape index (κ1) is 14.2. The number of nitrogens with one attached hydrogen (secondary N) is 1. The smallest absolute Gasteiger partial charge is 0.115 e. The molecule has 21 heavy (non-hydrogen) atoms. The van der Waals surface area contributed by atoms with E-state index in [1.54, 1.807) is 17.0 Å². The standard InChI is InChI=1S/C19H23NO/c1-15(6-7-16-8-10-19(21)11-9-16)20-13-12-17-4-2-3-5-18(17)14-20/h2-5,8-11,15,21H,6-7,12-14H2,1H3/p+1/t15-/m0/s1. The molecule has 2 aromatic rings. The number of aromatic hydroxyl groups is 1. The number of rotatable bonds is 4. The normalized spacial score (nSPS) is 19.0. The van der Waals surface area contributed by atoms with Crippen LogP contribution in [0.25, 0.3) is 0 Å². The number of aryl methyl sites for hydroxylation is 1. The van der Waals surface area contributed by atoms with Crippen LogP contribution < -0.4 is 4.90 Å². The highest BCUT2D eigenvalue weighted by molar-refractivity contribution is 5.27. The van der Waals surface area contributed by atoms with Gasteiger partial charge in [-0.1, -0.05) is 36.4 Å². The second-order valence-corrected chi connectivity index (χ2v) is 6.21. The summed E-state index contributed by atoms with van der Waals surface area (Å²) in [7, 11) is 0. The average molecular weight is 282 g/mol. The Kier molecular flexibility index (Phi) is 4.26. The van der Waals surface area contributed by atoms with Crippen molar-refractivity contribution in [1.82, 2.24) is 0 Å². The predicted octanol–water partition coefficient (Wildman–Crippen LogP) is 2.35. The summed E-state index contributed by atoms with van der Waals surface area (Å²) in [6.45, 7) is 4.77. The van der Waals surface area contributed by atoms with Crippen molar-refractivity contribution in [3.63, 3.8) is 0 Å². The van der Waals surface area contributed by atoms with E-state index in [2.05, 4.69) is 31.2 Å². The Labute approximate surface area is 127 Å². The highest BCUT2D eigenvalue weighted by atomic mass is 16.3. The van der Waals surface area contributed by atoms with Crippen molar-refractivity contribution in [1.29, 1.82) is 0 Å². The molecule has 1 aliphatic heterocycles. The Bertz CT molecular complexity index is 591. The van der Waals surface area contributed by atoms with Gasteiger partial charge in [0.1, 0.15) is 12.3 Å². The van der Waals surface area contributed by atoms with Crippen LogP contribution >= 0.6 is 0 Å². The quantitative estimate of drug-likeness (QED) is 0.884. The van der Waals surface area contributed by atoms with Gasteiger partial charge in [-0.3, -0.25) is 0 Å². The molecule has 0 aliphatic carbocycles. The number of benzene rings is 2. The van der Waals surface area contributed by atoms with Crippen molar-refractivity contribution < 1.29 is 10.0 Å². The molecule has 2 atom stereocenters. The minimum atomic E-state index is 0.352. The van der Waals surface area contributed by atoms with Crippen molar-refractivity contribution in [2.45, 2.75) is 38.8 Å². The maximum Gasteiger partial charge on any atom is 0.115 e. The van der Waals surface area contributed by atoms with Crippen molar-refractivity contribution >= 4 is 0 Å². The molecule has 0 saturated carbocycles. The maximum atomic E-state index is 9.33. The Morgan fingerprint density at radius 1 is 1.05 bits per heavy atom. The van der Waals surface area contributed by atoms with Gasteiger partial charge >= 0.3 is 0 Å². The lowest BCUT2D eigenvalue weighted by Gasteiger charge is -2.31. The van der Waals surface area contributed by atoms with Crippen LogP contribution in [0.5, 0.6) is 5.75 Å². The molecule has 2 aromatic carbocycles. The highest BCUT2D eigenvalue weighted by Gasteiger charge is 2.23. The molecule has 2 N–H and O–H groups in total. The van der Waals surface area contributed by atoms with Gasteiger partial charge in [0.2, 0.25) is 0 Å². The summed E-state index contributed by atoms with van der Waals surface area (Å²) in [5.41, 5.74) is 4.37. The van der Waals surface area contributed by atoms with Crippen LogP contribution in [0.4, 0.5) is 0 Å². The molecule has 0 amide bonds. The van der Waals surface area contributed by atoms with Crippen LogP contribution in [-0.4, -0.2) is 17.7 Å². The van der Waals surface area contributed by atoms with Crippen molar-refractivity contribution in [3.05, 3.63) is 65.2 Å². The van der Waals surface area contributed by atoms with Crippen LogP contribution in [0.3, 0.4) is 0 Å². The van der Waals surface area contributed by atoms with Crippen LogP contribution in [0.1, 0.15) is 30.0 Å². The van der Waals surface area contributed by atoms with E-state index in [9.17, 15) is 5.11 Å². The molecule has 0 fully saturated rings. The summed E-state index contributed by atoms with van der Waals surface area (Å²) in [6.07, 6.45) is 3.49. The zero-order valence-electron chi connectivity index (χ0n) is 12.7. The van der Waals surface area contributed by atoms with Gasteiger partial charge in [-0.25, -0.2) is 0 Å². The SMILES string of the molecule is C[C@@H](CCc1ccc(O)cc1)[NH+]1CCc2ccccc2C1. The van der Waals surface area contributed by atoms with Crippen LogP contribution in [0, 0.1) is 0 Å².